The van der Waals surface area contributed by atoms with Crippen LogP contribution < -0.4 is 4.90 Å². The van der Waals surface area contributed by atoms with E-state index in [1.807, 2.05) is 55.4 Å². The van der Waals surface area contributed by atoms with E-state index in [0.29, 0.717) is 17.0 Å². The molecule has 2 rings (SSSR count). The lowest BCUT2D eigenvalue weighted by atomic mass is 10.0. The van der Waals surface area contributed by atoms with Gasteiger partial charge < -0.3 is 4.90 Å². The van der Waals surface area contributed by atoms with Gasteiger partial charge in [0.05, 0.1) is 0 Å². The summed E-state index contributed by atoms with van der Waals surface area (Å²) in [5.41, 5.74) is 2.56. The highest BCUT2D eigenvalue weighted by Gasteiger charge is 2.11. The standard InChI is InChI=1S/C16H15BrClNO/c1-19(2)14-5-3-4-12(8-14)16(20)9-11-6-7-13(17)10-15(11)18/h3-8,10H,9H2,1-2H3. The Morgan fingerprint density at radius 1 is 1.20 bits per heavy atom. The zero-order chi connectivity index (χ0) is 14.7. The van der Waals surface area contributed by atoms with Crippen molar-refractivity contribution in [3.05, 3.63) is 63.1 Å². The molecule has 2 aromatic carbocycles. The maximum atomic E-state index is 12.3. The maximum absolute atomic E-state index is 12.3. The van der Waals surface area contributed by atoms with E-state index in [9.17, 15) is 4.79 Å². The zero-order valence-electron chi connectivity index (χ0n) is 11.4. The third kappa shape index (κ3) is 3.62. The lowest BCUT2D eigenvalue weighted by molar-refractivity contribution is 0.0993. The molecular weight excluding hydrogens is 338 g/mol. The van der Waals surface area contributed by atoms with Gasteiger partial charge in [-0.15, -0.1) is 0 Å². The molecule has 0 aliphatic rings. The van der Waals surface area contributed by atoms with E-state index in [4.69, 9.17) is 11.6 Å². The SMILES string of the molecule is CN(C)c1cccc(C(=O)Cc2ccc(Br)cc2Cl)c1. The summed E-state index contributed by atoms with van der Waals surface area (Å²) >= 11 is 9.51. The second-order valence-corrected chi connectivity index (χ2v) is 6.10. The molecule has 0 unspecified atom stereocenters. The number of ketones is 1. The third-order valence-corrected chi connectivity index (χ3v) is 3.90. The summed E-state index contributed by atoms with van der Waals surface area (Å²) in [5, 5.41) is 0.608. The summed E-state index contributed by atoms with van der Waals surface area (Å²) in [7, 11) is 3.91. The van der Waals surface area contributed by atoms with Gasteiger partial charge in [0, 0.05) is 41.3 Å². The molecule has 0 saturated carbocycles. The molecule has 0 amide bonds. The van der Waals surface area contributed by atoms with E-state index >= 15 is 0 Å². The first-order valence-corrected chi connectivity index (χ1v) is 7.39. The lowest BCUT2D eigenvalue weighted by Crippen LogP contribution is -2.10. The van der Waals surface area contributed by atoms with Gasteiger partial charge in [-0.25, -0.2) is 0 Å². The first-order valence-electron chi connectivity index (χ1n) is 6.22. The van der Waals surface area contributed by atoms with Gasteiger partial charge in [-0.3, -0.25) is 4.79 Å². The molecule has 0 atom stereocenters. The van der Waals surface area contributed by atoms with E-state index in [1.54, 1.807) is 6.07 Å². The second-order valence-electron chi connectivity index (χ2n) is 4.78. The van der Waals surface area contributed by atoms with Crippen LogP contribution in [0.5, 0.6) is 0 Å². The Morgan fingerprint density at radius 2 is 1.95 bits per heavy atom. The number of hydrogen-bond donors (Lipinski definition) is 0. The van der Waals surface area contributed by atoms with Crippen molar-refractivity contribution in [3.8, 4) is 0 Å². The molecule has 0 heterocycles. The molecule has 0 aromatic heterocycles. The van der Waals surface area contributed by atoms with Crippen molar-refractivity contribution >= 4 is 39.0 Å². The average Bonchev–Trinajstić information content (AvgIpc) is 2.42. The molecule has 2 nitrogen and oxygen atoms in total. The van der Waals surface area contributed by atoms with Gasteiger partial charge in [-0.2, -0.15) is 0 Å². The van der Waals surface area contributed by atoms with Crippen LogP contribution in [0.2, 0.25) is 5.02 Å². The zero-order valence-corrected chi connectivity index (χ0v) is 13.7. The Kier molecular flexibility index (Phi) is 4.84. The minimum atomic E-state index is 0.0675. The van der Waals surface area contributed by atoms with E-state index in [0.717, 1.165) is 15.7 Å². The molecule has 0 N–H and O–H groups in total. The van der Waals surface area contributed by atoms with E-state index in [1.165, 1.54) is 0 Å². The van der Waals surface area contributed by atoms with Gasteiger partial charge >= 0.3 is 0 Å². The van der Waals surface area contributed by atoms with Crippen molar-refractivity contribution in [1.82, 2.24) is 0 Å². The molecule has 0 bridgehead atoms. The van der Waals surface area contributed by atoms with Gasteiger partial charge in [0.1, 0.15) is 0 Å². The topological polar surface area (TPSA) is 20.3 Å². The van der Waals surface area contributed by atoms with Gasteiger partial charge in [0.25, 0.3) is 0 Å². The monoisotopic (exact) mass is 351 g/mol. The van der Waals surface area contributed by atoms with Crippen molar-refractivity contribution in [2.45, 2.75) is 6.42 Å². The molecule has 0 saturated heterocycles. The summed E-state index contributed by atoms with van der Waals surface area (Å²) in [6.07, 6.45) is 0.309. The van der Waals surface area contributed by atoms with Gasteiger partial charge in [-0.1, -0.05) is 45.7 Å². The highest BCUT2D eigenvalue weighted by molar-refractivity contribution is 9.10. The predicted molar refractivity (Wildman–Crippen MR) is 88.0 cm³/mol. The van der Waals surface area contributed by atoms with Crippen LogP contribution in [0.1, 0.15) is 15.9 Å². The molecule has 20 heavy (non-hydrogen) atoms. The lowest BCUT2D eigenvalue weighted by Gasteiger charge is -2.13. The molecule has 0 aliphatic heterocycles. The highest BCUT2D eigenvalue weighted by atomic mass is 79.9. The highest BCUT2D eigenvalue weighted by Crippen LogP contribution is 2.23. The number of halogens is 2. The fourth-order valence-electron chi connectivity index (χ4n) is 1.90. The van der Waals surface area contributed by atoms with E-state index < -0.39 is 0 Å². The van der Waals surface area contributed by atoms with E-state index in [2.05, 4.69) is 15.9 Å². The summed E-state index contributed by atoms with van der Waals surface area (Å²) in [5.74, 6) is 0.0675. The second kappa shape index (κ2) is 6.42. The molecule has 0 fully saturated rings. The van der Waals surface area contributed by atoms with Crippen LogP contribution in [0.3, 0.4) is 0 Å². The van der Waals surface area contributed by atoms with Gasteiger partial charge in [0.2, 0.25) is 0 Å². The summed E-state index contributed by atoms with van der Waals surface area (Å²) in [6.45, 7) is 0. The number of Topliss-reactive ketones (excluding diaryl/α,β-unsaturated/α-hetero) is 1. The van der Waals surface area contributed by atoms with Gasteiger partial charge in [-0.05, 0) is 29.8 Å². The smallest absolute Gasteiger partial charge is 0.167 e. The fraction of sp³-hybridized carbons (Fsp3) is 0.188. The minimum Gasteiger partial charge on any atom is -0.378 e. The van der Waals surface area contributed by atoms with Crippen molar-refractivity contribution in [3.63, 3.8) is 0 Å². The maximum Gasteiger partial charge on any atom is 0.167 e. The Hall–Kier alpha value is -1.32. The number of benzene rings is 2. The van der Waals surface area contributed by atoms with Crippen LogP contribution in [0, 0.1) is 0 Å². The van der Waals surface area contributed by atoms with Crippen molar-refractivity contribution in [2.75, 3.05) is 19.0 Å². The Morgan fingerprint density at radius 3 is 2.60 bits per heavy atom. The Labute approximate surface area is 132 Å². The number of carbonyl (C=O) groups excluding carboxylic acids is 1. The van der Waals surface area contributed by atoms with Crippen LogP contribution in [-0.4, -0.2) is 19.9 Å². The van der Waals surface area contributed by atoms with Crippen LogP contribution in [0.15, 0.2) is 46.9 Å². The Bertz CT molecular complexity index is 640. The summed E-state index contributed by atoms with van der Waals surface area (Å²) in [6, 6.07) is 13.2. The number of anilines is 1. The quantitative estimate of drug-likeness (QED) is 0.750. The molecule has 4 heteroatoms. The van der Waals surface area contributed by atoms with Crippen LogP contribution in [0.4, 0.5) is 5.69 Å². The molecule has 0 radical (unpaired) electrons. The van der Waals surface area contributed by atoms with Crippen LogP contribution >= 0.6 is 27.5 Å². The molecule has 0 aliphatic carbocycles. The first-order chi connectivity index (χ1) is 9.47. The molecule has 2 aromatic rings. The molecular formula is C16H15BrClNO. The average molecular weight is 353 g/mol. The van der Waals surface area contributed by atoms with Crippen molar-refractivity contribution in [2.24, 2.45) is 0 Å². The summed E-state index contributed by atoms with van der Waals surface area (Å²) < 4.78 is 0.910. The molecule has 0 spiro atoms. The third-order valence-electron chi connectivity index (χ3n) is 3.05. The fourth-order valence-corrected chi connectivity index (χ4v) is 2.64. The number of hydrogen-bond acceptors (Lipinski definition) is 2. The predicted octanol–water partition coefficient (Wildman–Crippen LogP) is 4.59. The largest absolute Gasteiger partial charge is 0.378 e. The number of nitrogens with zero attached hydrogens (tertiary/aromatic N) is 1. The number of rotatable bonds is 4. The van der Waals surface area contributed by atoms with Crippen molar-refractivity contribution in [1.29, 1.82) is 0 Å². The van der Waals surface area contributed by atoms with E-state index in [-0.39, 0.29) is 5.78 Å². The molecule has 104 valence electrons. The number of carbonyl (C=O) groups is 1. The summed E-state index contributed by atoms with van der Waals surface area (Å²) in [4.78, 5) is 14.3. The minimum absolute atomic E-state index is 0.0675. The van der Waals surface area contributed by atoms with Crippen molar-refractivity contribution < 1.29 is 4.79 Å². The van der Waals surface area contributed by atoms with Crippen LogP contribution in [-0.2, 0) is 6.42 Å². The van der Waals surface area contributed by atoms with Crippen LogP contribution in [0.25, 0.3) is 0 Å². The first kappa shape index (κ1) is 15.1. The van der Waals surface area contributed by atoms with Gasteiger partial charge in [0.15, 0.2) is 5.78 Å². The Balaban J connectivity index is 2.21. The normalized spacial score (nSPS) is 10.4.